The second-order valence-electron chi connectivity index (χ2n) is 4.50. The number of aryl methyl sites for hydroxylation is 1. The summed E-state index contributed by atoms with van der Waals surface area (Å²) in [5, 5.41) is 3.68. The Hall–Kier alpha value is -1.40. The Morgan fingerprint density at radius 2 is 2.30 bits per heavy atom. The van der Waals surface area contributed by atoms with E-state index < -0.39 is 0 Å². The number of pyridine rings is 1. The molecule has 1 atom stereocenters. The Balaban J connectivity index is 1.92. The van der Waals surface area contributed by atoms with Crippen LogP contribution in [0.3, 0.4) is 0 Å². The Bertz CT molecular complexity index is 571. The van der Waals surface area contributed by atoms with Crippen LogP contribution in [0.5, 0.6) is 0 Å². The van der Waals surface area contributed by atoms with E-state index >= 15 is 0 Å². The molecule has 2 aromatic heterocycles. The number of carbonyl (C=O) groups excluding carboxylic acids is 1. The first-order valence-electron chi connectivity index (χ1n) is 6.30. The zero-order chi connectivity index (χ0) is 14.5. The topological polar surface area (TPSA) is 46.1 Å². The van der Waals surface area contributed by atoms with E-state index in [1.165, 1.54) is 11.8 Å². The van der Waals surface area contributed by atoms with Crippen molar-refractivity contribution in [3.05, 3.63) is 40.5 Å². The van der Waals surface area contributed by atoms with Crippen LogP contribution < -0.4 is 0 Å². The summed E-state index contributed by atoms with van der Waals surface area (Å²) in [6.45, 7) is 4.43. The van der Waals surface area contributed by atoms with Crippen molar-refractivity contribution in [3.63, 3.8) is 0 Å². The predicted molar refractivity (Wildman–Crippen MR) is 82.9 cm³/mol. The lowest BCUT2D eigenvalue weighted by atomic mass is 10.4. The van der Waals surface area contributed by atoms with Crippen LogP contribution in [0.1, 0.15) is 17.6 Å². The highest BCUT2D eigenvalue weighted by atomic mass is 32.2. The van der Waals surface area contributed by atoms with Crippen LogP contribution in [0.25, 0.3) is 0 Å². The van der Waals surface area contributed by atoms with E-state index in [4.69, 9.17) is 0 Å². The van der Waals surface area contributed by atoms with Crippen molar-refractivity contribution < 1.29 is 4.79 Å². The quantitative estimate of drug-likeness (QED) is 0.797. The lowest BCUT2D eigenvalue weighted by Crippen LogP contribution is -2.32. The lowest BCUT2D eigenvalue weighted by molar-refractivity contribution is -0.129. The molecule has 1 unspecified atom stereocenters. The number of amides is 1. The Labute approximate surface area is 127 Å². The van der Waals surface area contributed by atoms with E-state index in [2.05, 4.69) is 9.97 Å². The largest absolute Gasteiger partial charge is 0.338 e. The van der Waals surface area contributed by atoms with Gasteiger partial charge < -0.3 is 4.90 Å². The number of rotatable bonds is 5. The van der Waals surface area contributed by atoms with Crippen molar-refractivity contribution in [2.24, 2.45) is 0 Å². The number of hydrogen-bond acceptors (Lipinski definition) is 5. The minimum Gasteiger partial charge on any atom is -0.338 e. The average Bonchev–Trinajstić information content (AvgIpc) is 2.84. The summed E-state index contributed by atoms with van der Waals surface area (Å²) >= 11 is 3.06. The van der Waals surface area contributed by atoms with E-state index in [1.807, 2.05) is 44.5 Å². The molecule has 1 amide bonds. The summed E-state index contributed by atoms with van der Waals surface area (Å²) in [6.07, 6.45) is 1.74. The summed E-state index contributed by atoms with van der Waals surface area (Å²) in [5.41, 5.74) is 1.00. The molecule has 0 saturated heterocycles. The normalized spacial score (nSPS) is 12.2. The molecule has 106 valence electrons. The Morgan fingerprint density at radius 1 is 1.50 bits per heavy atom. The van der Waals surface area contributed by atoms with Gasteiger partial charge in [-0.25, -0.2) is 9.97 Å². The highest BCUT2D eigenvalue weighted by molar-refractivity contribution is 8.00. The van der Waals surface area contributed by atoms with Gasteiger partial charge in [0.15, 0.2) is 0 Å². The summed E-state index contributed by atoms with van der Waals surface area (Å²) in [7, 11) is 1.81. The molecule has 0 N–H and O–H groups in total. The van der Waals surface area contributed by atoms with E-state index in [0.29, 0.717) is 6.54 Å². The van der Waals surface area contributed by atoms with Crippen LogP contribution in [0.2, 0.25) is 0 Å². The van der Waals surface area contributed by atoms with Crippen LogP contribution in [0.4, 0.5) is 0 Å². The van der Waals surface area contributed by atoms with Crippen molar-refractivity contribution in [2.45, 2.75) is 30.7 Å². The van der Waals surface area contributed by atoms with Gasteiger partial charge in [0.2, 0.25) is 5.91 Å². The number of thioether (sulfide) groups is 1. The van der Waals surface area contributed by atoms with Crippen LogP contribution >= 0.6 is 23.1 Å². The maximum absolute atomic E-state index is 12.3. The van der Waals surface area contributed by atoms with E-state index in [9.17, 15) is 4.79 Å². The summed E-state index contributed by atoms with van der Waals surface area (Å²) < 4.78 is 0. The molecule has 0 bridgehead atoms. The third kappa shape index (κ3) is 4.05. The molecule has 0 aliphatic heterocycles. The van der Waals surface area contributed by atoms with Gasteiger partial charge in [-0.1, -0.05) is 17.8 Å². The maximum Gasteiger partial charge on any atom is 0.235 e. The smallest absolute Gasteiger partial charge is 0.235 e. The van der Waals surface area contributed by atoms with Gasteiger partial charge in [-0.3, -0.25) is 4.79 Å². The van der Waals surface area contributed by atoms with E-state index in [1.54, 1.807) is 22.4 Å². The van der Waals surface area contributed by atoms with Gasteiger partial charge in [0.1, 0.15) is 5.01 Å². The van der Waals surface area contributed by atoms with Gasteiger partial charge in [0.05, 0.1) is 16.8 Å². The lowest BCUT2D eigenvalue weighted by Gasteiger charge is -2.19. The molecule has 0 radical (unpaired) electrons. The Morgan fingerprint density at radius 3 is 2.90 bits per heavy atom. The second kappa shape index (κ2) is 6.85. The molecule has 0 aromatic carbocycles. The number of nitrogens with zero attached hydrogens (tertiary/aromatic N) is 3. The zero-order valence-electron chi connectivity index (χ0n) is 11.7. The monoisotopic (exact) mass is 307 g/mol. The second-order valence-corrected chi connectivity index (χ2v) is 6.81. The predicted octanol–water partition coefficient (Wildman–Crippen LogP) is 2.99. The fraction of sp³-hybridized carbons (Fsp3) is 0.357. The van der Waals surface area contributed by atoms with Crippen LogP contribution in [-0.2, 0) is 11.3 Å². The fourth-order valence-electron chi connectivity index (χ4n) is 1.71. The molecule has 4 nitrogen and oxygen atoms in total. The van der Waals surface area contributed by atoms with Gasteiger partial charge in [-0.15, -0.1) is 11.3 Å². The van der Waals surface area contributed by atoms with Gasteiger partial charge in [-0.05, 0) is 26.0 Å². The standard InChI is InChI=1S/C14H17N3OS2/c1-10-9-19-13(16-10)8-17(3)14(18)11(2)20-12-6-4-5-7-15-12/h4-7,9,11H,8H2,1-3H3. The minimum absolute atomic E-state index is 0.0912. The average molecular weight is 307 g/mol. The first-order valence-corrected chi connectivity index (χ1v) is 8.06. The van der Waals surface area contributed by atoms with Crippen molar-refractivity contribution >= 4 is 29.0 Å². The summed E-state index contributed by atoms with van der Waals surface area (Å²) in [4.78, 5) is 22.6. The first kappa shape index (κ1) is 15.0. The molecular weight excluding hydrogens is 290 g/mol. The molecule has 20 heavy (non-hydrogen) atoms. The summed E-state index contributed by atoms with van der Waals surface area (Å²) in [6, 6.07) is 5.71. The van der Waals surface area contributed by atoms with Gasteiger partial charge in [0.25, 0.3) is 0 Å². The van der Waals surface area contributed by atoms with Crippen LogP contribution in [0, 0.1) is 6.92 Å². The third-order valence-corrected chi connectivity index (χ3v) is 4.69. The number of thiazole rings is 1. The van der Waals surface area contributed by atoms with Gasteiger partial charge in [-0.2, -0.15) is 0 Å². The molecule has 0 aliphatic carbocycles. The molecule has 2 aromatic rings. The van der Waals surface area contributed by atoms with Crippen molar-refractivity contribution in [3.8, 4) is 0 Å². The van der Waals surface area contributed by atoms with E-state index in [-0.39, 0.29) is 11.2 Å². The number of carbonyl (C=O) groups is 1. The third-order valence-electron chi connectivity index (χ3n) is 2.70. The molecule has 0 spiro atoms. The van der Waals surface area contributed by atoms with Crippen molar-refractivity contribution in [1.82, 2.24) is 14.9 Å². The van der Waals surface area contributed by atoms with Crippen molar-refractivity contribution in [2.75, 3.05) is 7.05 Å². The molecule has 2 heterocycles. The first-order chi connectivity index (χ1) is 9.56. The maximum atomic E-state index is 12.3. The zero-order valence-corrected chi connectivity index (χ0v) is 13.4. The molecule has 2 rings (SSSR count). The van der Waals surface area contributed by atoms with E-state index in [0.717, 1.165) is 15.7 Å². The molecule has 0 saturated carbocycles. The molecule has 0 aliphatic rings. The SMILES string of the molecule is Cc1csc(CN(C)C(=O)C(C)Sc2ccccn2)n1. The molecule has 6 heteroatoms. The highest BCUT2D eigenvalue weighted by Crippen LogP contribution is 2.22. The Kier molecular flexibility index (Phi) is 5.14. The fourth-order valence-corrected chi connectivity index (χ4v) is 3.46. The minimum atomic E-state index is -0.157. The van der Waals surface area contributed by atoms with Crippen molar-refractivity contribution in [1.29, 1.82) is 0 Å². The van der Waals surface area contributed by atoms with Gasteiger partial charge >= 0.3 is 0 Å². The number of hydrogen-bond donors (Lipinski definition) is 0. The van der Waals surface area contributed by atoms with Crippen LogP contribution in [-0.4, -0.2) is 33.1 Å². The van der Waals surface area contributed by atoms with Gasteiger partial charge in [0, 0.05) is 24.3 Å². The highest BCUT2D eigenvalue weighted by Gasteiger charge is 2.19. The molecule has 0 fully saturated rings. The number of aromatic nitrogens is 2. The summed E-state index contributed by atoms with van der Waals surface area (Å²) in [5.74, 6) is 0.0912. The van der Waals surface area contributed by atoms with Crippen LogP contribution in [0.15, 0.2) is 34.8 Å². The molecular formula is C14H17N3OS2.